The first kappa shape index (κ1) is 26.6. The fraction of sp³-hybridized carbons (Fsp3) is 0.789. The number of carbonyl (C=O) groups is 4. The number of amides is 3. The molecule has 0 aromatic heterocycles. The fourth-order valence-electron chi connectivity index (χ4n) is 2.26. The van der Waals surface area contributed by atoms with E-state index in [-0.39, 0.29) is 5.92 Å². The lowest BCUT2D eigenvalue weighted by Gasteiger charge is -2.30. The van der Waals surface area contributed by atoms with Crippen LogP contribution in [0.25, 0.3) is 0 Å². The fourth-order valence-corrected chi connectivity index (χ4v) is 2.26. The summed E-state index contributed by atoms with van der Waals surface area (Å²) in [6.45, 7) is 11.1. The summed E-state index contributed by atoms with van der Waals surface area (Å²) >= 11 is 0. The molecule has 0 fully saturated rings. The Labute approximate surface area is 172 Å². The number of alkyl carbamates (subject to hydrolysis) is 1. The zero-order valence-electron chi connectivity index (χ0n) is 18.5. The molecule has 4 N–H and O–H groups in total. The molecule has 168 valence electrons. The third-order valence-corrected chi connectivity index (χ3v) is 3.69. The Bertz CT molecular complexity index is 597. The summed E-state index contributed by atoms with van der Waals surface area (Å²) < 4.78 is 9.70. The first-order valence-corrected chi connectivity index (χ1v) is 9.44. The van der Waals surface area contributed by atoms with Crippen LogP contribution in [0.15, 0.2) is 0 Å². The Hall–Kier alpha value is -2.36. The van der Waals surface area contributed by atoms with Crippen LogP contribution in [0.3, 0.4) is 0 Å². The molecule has 0 aromatic rings. The van der Waals surface area contributed by atoms with Gasteiger partial charge >= 0.3 is 12.1 Å². The van der Waals surface area contributed by atoms with Crippen molar-refractivity contribution in [2.24, 2.45) is 5.92 Å². The summed E-state index contributed by atoms with van der Waals surface area (Å²) in [5.74, 6) is -2.01. The van der Waals surface area contributed by atoms with Crippen molar-refractivity contribution in [3.05, 3.63) is 0 Å². The van der Waals surface area contributed by atoms with Gasteiger partial charge in [-0.1, -0.05) is 13.8 Å². The van der Waals surface area contributed by atoms with E-state index in [2.05, 4.69) is 20.7 Å². The van der Waals surface area contributed by atoms with Crippen molar-refractivity contribution in [3.63, 3.8) is 0 Å². The molecule has 0 aromatic carbocycles. The normalized spacial score (nSPS) is 13.9. The summed E-state index contributed by atoms with van der Waals surface area (Å²) in [4.78, 5) is 48.9. The topological polar surface area (TPSA) is 143 Å². The maximum Gasteiger partial charge on any atom is 0.408 e. The Balaban J connectivity index is 5.22. The average molecular weight is 418 g/mol. The van der Waals surface area contributed by atoms with E-state index in [4.69, 9.17) is 4.74 Å². The molecule has 0 aliphatic heterocycles. The highest BCUT2D eigenvalue weighted by Crippen LogP contribution is 2.11. The Morgan fingerprint density at radius 1 is 0.966 bits per heavy atom. The first-order chi connectivity index (χ1) is 13.1. The number of nitrogens with one attached hydrogen (secondary N) is 3. The van der Waals surface area contributed by atoms with Gasteiger partial charge in [0.2, 0.25) is 11.8 Å². The molecule has 3 amide bonds. The van der Waals surface area contributed by atoms with Crippen LogP contribution in [0.1, 0.15) is 54.9 Å². The minimum Gasteiger partial charge on any atom is -0.467 e. The van der Waals surface area contributed by atoms with Crippen molar-refractivity contribution in [1.82, 2.24) is 16.0 Å². The largest absolute Gasteiger partial charge is 0.467 e. The van der Waals surface area contributed by atoms with Crippen molar-refractivity contribution in [3.8, 4) is 0 Å². The van der Waals surface area contributed by atoms with Gasteiger partial charge in [0, 0.05) is 0 Å². The van der Waals surface area contributed by atoms with Crippen LogP contribution in [0.4, 0.5) is 4.79 Å². The monoisotopic (exact) mass is 417 g/mol. The molecule has 0 radical (unpaired) electrons. The first-order valence-electron chi connectivity index (χ1n) is 9.44. The number of ether oxygens (including phenoxy) is 2. The highest BCUT2D eigenvalue weighted by atomic mass is 16.6. The Kier molecular flexibility index (Phi) is 10.1. The zero-order chi connectivity index (χ0) is 23.0. The smallest absolute Gasteiger partial charge is 0.408 e. The van der Waals surface area contributed by atoms with Crippen LogP contribution >= 0.6 is 0 Å². The zero-order valence-corrected chi connectivity index (χ0v) is 18.5. The van der Waals surface area contributed by atoms with E-state index >= 15 is 0 Å². The standard InChI is InChI=1S/C19H35N3O7/c1-11(2)9-12(21-17(27)29-18(3,4)5)14(24)22-19(6,7)16(26)20-13(10-23)15(25)28-8/h11-13,23H,9-10H2,1-8H3,(H,20,26)(H,21,27)(H,22,24)/t12-,13-/m0/s1. The van der Waals surface area contributed by atoms with Crippen molar-refractivity contribution in [1.29, 1.82) is 0 Å². The molecule has 0 spiro atoms. The van der Waals surface area contributed by atoms with Crippen molar-refractivity contribution in [2.75, 3.05) is 13.7 Å². The number of rotatable bonds is 9. The van der Waals surface area contributed by atoms with Crippen molar-refractivity contribution >= 4 is 23.9 Å². The third kappa shape index (κ3) is 10.1. The Morgan fingerprint density at radius 2 is 1.52 bits per heavy atom. The number of aliphatic hydroxyl groups excluding tert-OH is 1. The van der Waals surface area contributed by atoms with E-state index in [1.165, 1.54) is 13.8 Å². The lowest BCUT2D eigenvalue weighted by Crippen LogP contribution is -2.61. The summed E-state index contributed by atoms with van der Waals surface area (Å²) in [6.07, 6.45) is -0.420. The molecule has 10 nitrogen and oxygen atoms in total. The van der Waals surface area contributed by atoms with E-state index in [1.807, 2.05) is 13.8 Å². The van der Waals surface area contributed by atoms with Gasteiger partial charge in [-0.05, 0) is 47.0 Å². The summed E-state index contributed by atoms with van der Waals surface area (Å²) in [5.41, 5.74) is -2.15. The lowest BCUT2D eigenvalue weighted by atomic mass is 9.99. The molecule has 0 saturated heterocycles. The van der Waals surface area contributed by atoms with Gasteiger partial charge in [0.1, 0.15) is 17.2 Å². The van der Waals surface area contributed by atoms with Gasteiger partial charge < -0.3 is 30.5 Å². The molecular formula is C19H35N3O7. The lowest BCUT2D eigenvalue weighted by molar-refractivity contribution is -0.147. The minimum absolute atomic E-state index is 0.0794. The maximum absolute atomic E-state index is 12.7. The summed E-state index contributed by atoms with van der Waals surface area (Å²) in [7, 11) is 1.13. The summed E-state index contributed by atoms with van der Waals surface area (Å²) in [6, 6.07) is -2.18. The second-order valence-corrected chi connectivity index (χ2v) is 8.67. The molecule has 29 heavy (non-hydrogen) atoms. The van der Waals surface area contributed by atoms with Gasteiger partial charge in [0.25, 0.3) is 0 Å². The van der Waals surface area contributed by atoms with Gasteiger partial charge in [0.15, 0.2) is 6.04 Å². The highest BCUT2D eigenvalue weighted by molar-refractivity contribution is 5.95. The van der Waals surface area contributed by atoms with E-state index in [0.29, 0.717) is 6.42 Å². The van der Waals surface area contributed by atoms with Gasteiger partial charge in [-0.25, -0.2) is 9.59 Å². The van der Waals surface area contributed by atoms with Crippen molar-refractivity contribution in [2.45, 2.75) is 78.1 Å². The molecule has 10 heteroatoms. The number of aliphatic hydroxyl groups is 1. The summed E-state index contributed by atoms with van der Waals surface area (Å²) in [5, 5.41) is 16.7. The molecule has 0 heterocycles. The van der Waals surface area contributed by atoms with Gasteiger partial charge in [0.05, 0.1) is 13.7 Å². The Morgan fingerprint density at radius 3 is 1.93 bits per heavy atom. The second-order valence-electron chi connectivity index (χ2n) is 8.67. The van der Waals surface area contributed by atoms with Crippen LogP contribution in [-0.2, 0) is 23.9 Å². The molecule has 0 aliphatic rings. The number of methoxy groups -OCH3 is 1. The van der Waals surface area contributed by atoms with E-state index in [1.54, 1.807) is 20.8 Å². The van der Waals surface area contributed by atoms with E-state index in [0.717, 1.165) is 7.11 Å². The molecule has 0 aliphatic carbocycles. The molecule has 0 saturated carbocycles. The quantitative estimate of drug-likeness (QED) is 0.399. The molecule has 2 atom stereocenters. The van der Waals surface area contributed by atoms with Crippen LogP contribution < -0.4 is 16.0 Å². The van der Waals surface area contributed by atoms with Crippen LogP contribution in [-0.4, -0.2) is 65.9 Å². The number of esters is 1. The number of hydrogen-bond acceptors (Lipinski definition) is 7. The second kappa shape index (κ2) is 11.0. The maximum atomic E-state index is 12.7. The predicted molar refractivity (Wildman–Crippen MR) is 106 cm³/mol. The SMILES string of the molecule is COC(=O)[C@H](CO)NC(=O)C(C)(C)NC(=O)[C@H](CC(C)C)NC(=O)OC(C)(C)C. The van der Waals surface area contributed by atoms with E-state index < -0.39 is 53.7 Å². The van der Waals surface area contributed by atoms with Gasteiger partial charge in [-0.3, -0.25) is 9.59 Å². The highest BCUT2D eigenvalue weighted by Gasteiger charge is 2.35. The molecular weight excluding hydrogens is 382 g/mol. The van der Waals surface area contributed by atoms with Gasteiger partial charge in [-0.15, -0.1) is 0 Å². The van der Waals surface area contributed by atoms with Crippen molar-refractivity contribution < 1.29 is 33.8 Å². The van der Waals surface area contributed by atoms with Gasteiger partial charge in [-0.2, -0.15) is 0 Å². The molecule has 0 rings (SSSR count). The number of hydrogen-bond donors (Lipinski definition) is 4. The predicted octanol–water partition coefficient (Wildman–Crippen LogP) is 0.471. The van der Waals surface area contributed by atoms with Crippen LogP contribution in [0.2, 0.25) is 0 Å². The number of carbonyl (C=O) groups excluding carboxylic acids is 4. The minimum atomic E-state index is -1.43. The molecule has 0 unspecified atom stereocenters. The molecule has 0 bridgehead atoms. The van der Waals surface area contributed by atoms with Crippen LogP contribution in [0, 0.1) is 5.92 Å². The average Bonchev–Trinajstić information content (AvgIpc) is 2.55. The van der Waals surface area contributed by atoms with Crippen LogP contribution in [0.5, 0.6) is 0 Å². The van der Waals surface area contributed by atoms with E-state index in [9.17, 15) is 24.3 Å². The third-order valence-electron chi connectivity index (χ3n) is 3.69.